The van der Waals surface area contributed by atoms with E-state index in [0.717, 1.165) is 65.3 Å². The molecule has 0 bridgehead atoms. The smallest absolute Gasteiger partial charge is 0.254 e. The van der Waals surface area contributed by atoms with E-state index < -0.39 is 0 Å². The van der Waals surface area contributed by atoms with E-state index in [4.69, 9.17) is 0 Å². The van der Waals surface area contributed by atoms with Crippen molar-refractivity contribution in [3.8, 4) is 22.4 Å². The number of piperazine rings is 1. The molecule has 0 spiro atoms. The van der Waals surface area contributed by atoms with Crippen molar-refractivity contribution >= 4 is 16.8 Å². The molecule has 35 heavy (non-hydrogen) atoms. The number of nitrogens with one attached hydrogen (secondary N) is 1. The molecule has 1 unspecified atom stereocenters. The number of nitrogens with zero attached hydrogens (tertiary/aromatic N) is 3. The van der Waals surface area contributed by atoms with E-state index in [2.05, 4.69) is 78.2 Å². The van der Waals surface area contributed by atoms with E-state index >= 15 is 0 Å². The fourth-order valence-corrected chi connectivity index (χ4v) is 5.38. The first-order chi connectivity index (χ1) is 16.8. The Morgan fingerprint density at radius 3 is 2.31 bits per heavy atom. The molecular weight excluding hydrogens is 432 g/mol. The molecular formula is C30H34N4O. The van der Waals surface area contributed by atoms with Crippen LogP contribution in [0.4, 0.5) is 0 Å². The van der Waals surface area contributed by atoms with Crippen LogP contribution in [0.1, 0.15) is 40.7 Å². The number of fused-ring (bicyclic) bond motifs is 1. The van der Waals surface area contributed by atoms with E-state index in [1.54, 1.807) is 0 Å². The van der Waals surface area contributed by atoms with Gasteiger partial charge in [0.25, 0.3) is 5.91 Å². The van der Waals surface area contributed by atoms with Crippen LogP contribution in [0.15, 0.2) is 54.6 Å². The van der Waals surface area contributed by atoms with Gasteiger partial charge >= 0.3 is 0 Å². The topological polar surface area (TPSA) is 52.2 Å². The summed E-state index contributed by atoms with van der Waals surface area (Å²) in [5, 5.41) is 1.23. The van der Waals surface area contributed by atoms with Crippen LogP contribution in [0, 0.1) is 20.8 Å². The van der Waals surface area contributed by atoms with Crippen molar-refractivity contribution in [2.75, 3.05) is 26.7 Å². The zero-order valence-corrected chi connectivity index (χ0v) is 21.4. The van der Waals surface area contributed by atoms with Crippen molar-refractivity contribution in [1.82, 2.24) is 19.8 Å². The first-order valence-electron chi connectivity index (χ1n) is 12.5. The van der Waals surface area contributed by atoms with Gasteiger partial charge in [-0.15, -0.1) is 0 Å². The van der Waals surface area contributed by atoms with Gasteiger partial charge in [-0.25, -0.2) is 0 Å². The summed E-state index contributed by atoms with van der Waals surface area (Å²) < 4.78 is 0. The summed E-state index contributed by atoms with van der Waals surface area (Å²) in [5.41, 5.74) is 9.73. The maximum absolute atomic E-state index is 13.2. The fourth-order valence-electron chi connectivity index (χ4n) is 5.38. The maximum Gasteiger partial charge on any atom is 0.254 e. The summed E-state index contributed by atoms with van der Waals surface area (Å²) in [4.78, 5) is 25.7. The van der Waals surface area contributed by atoms with Crippen LogP contribution in [0.3, 0.4) is 0 Å². The Bertz CT molecular complexity index is 1370. The number of hydrogen-bond donors (Lipinski definition) is 1. The molecule has 2 aromatic heterocycles. The standard InChI is InChI=1S/C30H34N4O/c1-6-26-18-33(5)13-14-34(26)30(35)23-9-7-22(8-10-23)24-11-12-27-21(4)29(32-28(27)17-24)25-15-19(2)31-20(3)16-25/h7-12,15-17,26,32H,6,13-14,18H2,1-5H3. The minimum Gasteiger partial charge on any atom is -0.354 e. The summed E-state index contributed by atoms with van der Waals surface area (Å²) >= 11 is 0. The molecule has 1 aliphatic heterocycles. The van der Waals surface area contributed by atoms with Crippen LogP contribution < -0.4 is 0 Å². The number of rotatable bonds is 4. The Hall–Kier alpha value is -3.44. The summed E-state index contributed by atoms with van der Waals surface area (Å²) in [6.07, 6.45) is 0.977. The lowest BCUT2D eigenvalue weighted by atomic mass is 10.0. The molecule has 0 saturated carbocycles. The highest BCUT2D eigenvalue weighted by Gasteiger charge is 2.28. The molecule has 5 nitrogen and oxygen atoms in total. The van der Waals surface area contributed by atoms with E-state index in [1.807, 2.05) is 30.9 Å². The molecule has 180 valence electrons. The van der Waals surface area contributed by atoms with E-state index in [-0.39, 0.29) is 11.9 Å². The van der Waals surface area contributed by atoms with E-state index in [1.165, 1.54) is 16.5 Å². The monoisotopic (exact) mass is 466 g/mol. The number of benzene rings is 2. The predicted molar refractivity (Wildman–Crippen MR) is 144 cm³/mol. The fraction of sp³-hybridized carbons (Fsp3) is 0.333. The van der Waals surface area contributed by atoms with E-state index in [0.29, 0.717) is 0 Å². The van der Waals surface area contributed by atoms with Gasteiger partial charge in [0, 0.05) is 64.8 Å². The lowest BCUT2D eigenvalue weighted by molar-refractivity contribution is 0.0493. The number of H-pyrrole nitrogens is 1. The largest absolute Gasteiger partial charge is 0.354 e. The molecule has 0 radical (unpaired) electrons. The van der Waals surface area contributed by atoms with Crippen molar-refractivity contribution < 1.29 is 4.79 Å². The first-order valence-corrected chi connectivity index (χ1v) is 12.5. The van der Waals surface area contributed by atoms with Gasteiger partial charge < -0.3 is 14.8 Å². The molecule has 5 rings (SSSR count). The van der Waals surface area contributed by atoms with Crippen molar-refractivity contribution in [2.45, 2.75) is 40.2 Å². The second kappa shape index (κ2) is 9.31. The number of hydrogen-bond acceptors (Lipinski definition) is 3. The molecule has 1 atom stereocenters. The molecule has 1 fully saturated rings. The van der Waals surface area contributed by atoms with Crippen molar-refractivity contribution in [1.29, 1.82) is 0 Å². The van der Waals surface area contributed by atoms with Gasteiger partial charge in [0.05, 0.1) is 0 Å². The number of aromatic nitrogens is 2. The predicted octanol–water partition coefficient (Wildman–Crippen LogP) is 5.99. The number of aromatic amines is 1. The highest BCUT2D eigenvalue weighted by molar-refractivity contribution is 5.96. The quantitative estimate of drug-likeness (QED) is 0.402. The molecule has 1 N–H and O–H groups in total. The van der Waals surface area contributed by atoms with Crippen molar-refractivity contribution in [3.05, 3.63) is 77.1 Å². The Kier molecular flexibility index (Phi) is 6.20. The zero-order chi connectivity index (χ0) is 24.7. The summed E-state index contributed by atoms with van der Waals surface area (Å²) in [6, 6.07) is 19.2. The number of carbonyl (C=O) groups excluding carboxylic acids is 1. The maximum atomic E-state index is 13.2. The Morgan fingerprint density at radius 2 is 1.63 bits per heavy atom. The number of likely N-dealkylation sites (N-methyl/N-ethyl adjacent to an activating group) is 1. The first kappa shape index (κ1) is 23.3. The number of amides is 1. The third-order valence-electron chi connectivity index (χ3n) is 7.31. The van der Waals surface area contributed by atoms with Crippen LogP contribution >= 0.6 is 0 Å². The second-order valence-electron chi connectivity index (χ2n) is 9.92. The normalized spacial score (nSPS) is 16.7. The number of carbonyl (C=O) groups is 1. The van der Waals surface area contributed by atoms with Crippen LogP contribution in [-0.4, -0.2) is 58.4 Å². The summed E-state index contributed by atoms with van der Waals surface area (Å²) in [7, 11) is 2.13. The zero-order valence-electron chi connectivity index (χ0n) is 21.4. The lowest BCUT2D eigenvalue weighted by Gasteiger charge is -2.39. The minimum atomic E-state index is 0.138. The van der Waals surface area contributed by atoms with Gasteiger partial charge in [0.1, 0.15) is 0 Å². The minimum absolute atomic E-state index is 0.138. The third-order valence-corrected chi connectivity index (χ3v) is 7.31. The van der Waals surface area contributed by atoms with Gasteiger partial charge in [-0.05, 0) is 81.3 Å². The Labute approximate surface area is 207 Å². The van der Waals surface area contributed by atoms with Crippen LogP contribution in [0.2, 0.25) is 0 Å². The summed E-state index contributed by atoms with van der Waals surface area (Å²) in [5.74, 6) is 0.138. The van der Waals surface area contributed by atoms with E-state index in [9.17, 15) is 4.79 Å². The van der Waals surface area contributed by atoms with Gasteiger partial charge in [-0.3, -0.25) is 9.78 Å². The van der Waals surface area contributed by atoms with Gasteiger partial charge in [-0.1, -0.05) is 31.2 Å². The molecule has 1 saturated heterocycles. The number of aryl methyl sites for hydroxylation is 3. The highest BCUT2D eigenvalue weighted by Crippen LogP contribution is 2.33. The molecule has 2 aromatic carbocycles. The van der Waals surface area contributed by atoms with Gasteiger partial charge in [-0.2, -0.15) is 0 Å². The highest BCUT2D eigenvalue weighted by atomic mass is 16.2. The molecule has 0 aliphatic carbocycles. The van der Waals surface area contributed by atoms with Crippen molar-refractivity contribution in [2.24, 2.45) is 0 Å². The lowest BCUT2D eigenvalue weighted by Crippen LogP contribution is -2.53. The van der Waals surface area contributed by atoms with Gasteiger partial charge in [0.15, 0.2) is 0 Å². The average Bonchev–Trinajstić information content (AvgIpc) is 3.19. The second-order valence-corrected chi connectivity index (χ2v) is 9.92. The molecule has 3 heterocycles. The summed E-state index contributed by atoms with van der Waals surface area (Å²) in [6.45, 7) is 11.1. The molecule has 5 heteroatoms. The van der Waals surface area contributed by atoms with Crippen LogP contribution in [0.25, 0.3) is 33.3 Å². The average molecular weight is 467 g/mol. The molecule has 4 aromatic rings. The third kappa shape index (κ3) is 4.48. The van der Waals surface area contributed by atoms with Crippen LogP contribution in [0.5, 0.6) is 0 Å². The van der Waals surface area contributed by atoms with Crippen molar-refractivity contribution in [3.63, 3.8) is 0 Å². The van der Waals surface area contributed by atoms with Gasteiger partial charge in [0.2, 0.25) is 0 Å². The Balaban J connectivity index is 1.42. The molecule has 1 aliphatic rings. The Morgan fingerprint density at radius 1 is 0.943 bits per heavy atom. The SMILES string of the molecule is CCC1CN(C)CCN1C(=O)c1ccc(-c2ccc3c(C)c(-c4cc(C)nc(C)c4)[nH]c3c2)cc1. The number of pyridine rings is 1. The van der Waals surface area contributed by atoms with Crippen LogP contribution in [-0.2, 0) is 0 Å². The molecule has 1 amide bonds.